The molecule has 0 radical (unpaired) electrons. The van der Waals surface area contributed by atoms with Gasteiger partial charge in [-0.3, -0.25) is 6.08 Å². The van der Waals surface area contributed by atoms with Crippen molar-refractivity contribution in [2.45, 2.75) is 46.5 Å². The fourth-order valence-corrected chi connectivity index (χ4v) is 4.65. The third kappa shape index (κ3) is 6.17. The molecule has 0 heterocycles. The minimum atomic E-state index is 0. The SMILES string of the molecule is CCCCC1=CC[C-]=C1C.Cc1ccccc1P[c-]1ccc2ccccc21.[Zr+2]. The van der Waals surface area contributed by atoms with Gasteiger partial charge in [-0.1, -0.05) is 63.4 Å². The van der Waals surface area contributed by atoms with E-state index in [9.17, 15) is 0 Å². The Kier molecular flexibility index (Phi) is 9.70. The average molecular weight is 464 g/mol. The minimum absolute atomic E-state index is 0. The summed E-state index contributed by atoms with van der Waals surface area (Å²) in [7, 11) is 0.754. The first kappa shape index (κ1) is 23.1. The van der Waals surface area contributed by atoms with Crippen LogP contribution in [0.5, 0.6) is 0 Å². The number of fused-ring (bicyclic) bond motifs is 1. The van der Waals surface area contributed by atoms with E-state index >= 15 is 0 Å². The molecule has 4 rings (SSSR count). The molecular weight excluding hydrogens is 434 g/mol. The summed E-state index contributed by atoms with van der Waals surface area (Å²) < 4.78 is 0. The summed E-state index contributed by atoms with van der Waals surface area (Å²) in [5, 5.41) is 5.65. The van der Waals surface area contributed by atoms with Crippen LogP contribution in [0.4, 0.5) is 0 Å². The maximum Gasteiger partial charge on any atom is 2.00 e. The van der Waals surface area contributed by atoms with Crippen molar-refractivity contribution >= 4 is 30.0 Å². The molecule has 0 saturated carbocycles. The Bertz CT molecular complexity index is 946. The Morgan fingerprint density at radius 1 is 1.00 bits per heavy atom. The van der Waals surface area contributed by atoms with E-state index in [1.807, 2.05) is 0 Å². The normalized spacial score (nSPS) is 13.1. The van der Waals surface area contributed by atoms with Gasteiger partial charge in [-0.05, 0) is 17.8 Å². The van der Waals surface area contributed by atoms with E-state index in [1.54, 1.807) is 0 Å². The van der Waals surface area contributed by atoms with Crippen LogP contribution in [0.1, 0.15) is 45.1 Å². The van der Waals surface area contributed by atoms with E-state index < -0.39 is 0 Å². The van der Waals surface area contributed by atoms with Gasteiger partial charge in [0.05, 0.1) is 0 Å². The van der Waals surface area contributed by atoms with Crippen molar-refractivity contribution in [2.75, 3.05) is 0 Å². The fourth-order valence-electron chi connectivity index (χ4n) is 3.37. The molecule has 0 aromatic heterocycles. The van der Waals surface area contributed by atoms with Gasteiger partial charge in [0, 0.05) is 0 Å². The summed E-state index contributed by atoms with van der Waals surface area (Å²) in [6.07, 6.45) is 10.5. The van der Waals surface area contributed by atoms with Crippen molar-refractivity contribution in [3.05, 3.63) is 89.5 Å². The summed E-state index contributed by atoms with van der Waals surface area (Å²) in [5.74, 6) is 0. The molecular formula is C26H29PZr. The first-order valence-corrected chi connectivity index (χ1v) is 10.9. The van der Waals surface area contributed by atoms with Gasteiger partial charge in [-0.25, -0.2) is 5.57 Å². The predicted molar refractivity (Wildman–Crippen MR) is 123 cm³/mol. The second-order valence-electron chi connectivity index (χ2n) is 7.11. The van der Waals surface area contributed by atoms with Crippen molar-refractivity contribution in [3.8, 4) is 0 Å². The van der Waals surface area contributed by atoms with E-state index in [0.717, 1.165) is 15.0 Å². The first-order chi connectivity index (χ1) is 13.2. The van der Waals surface area contributed by atoms with Gasteiger partial charge in [0.15, 0.2) is 0 Å². The summed E-state index contributed by atoms with van der Waals surface area (Å²) in [6, 6.07) is 21.7. The molecule has 28 heavy (non-hydrogen) atoms. The van der Waals surface area contributed by atoms with Crippen LogP contribution in [0.3, 0.4) is 0 Å². The molecule has 1 unspecified atom stereocenters. The smallest absolute Gasteiger partial charge is 0.269 e. The topological polar surface area (TPSA) is 0 Å². The van der Waals surface area contributed by atoms with Crippen LogP contribution in [-0.4, -0.2) is 0 Å². The summed E-state index contributed by atoms with van der Waals surface area (Å²) in [4.78, 5) is 0. The van der Waals surface area contributed by atoms with Crippen LogP contribution in [0.25, 0.3) is 10.8 Å². The second-order valence-corrected chi connectivity index (χ2v) is 8.44. The third-order valence-corrected chi connectivity index (χ3v) is 6.63. The third-order valence-electron chi connectivity index (χ3n) is 5.09. The number of aryl methyl sites for hydroxylation is 1. The molecule has 1 atom stereocenters. The van der Waals surface area contributed by atoms with Crippen LogP contribution in [0, 0.1) is 13.0 Å². The molecule has 0 saturated heterocycles. The zero-order valence-corrected chi connectivity index (χ0v) is 20.6. The van der Waals surface area contributed by atoms with Crippen molar-refractivity contribution in [1.82, 2.24) is 0 Å². The van der Waals surface area contributed by atoms with Crippen molar-refractivity contribution in [2.24, 2.45) is 0 Å². The molecule has 0 amide bonds. The zero-order valence-electron chi connectivity index (χ0n) is 17.2. The van der Waals surface area contributed by atoms with E-state index in [4.69, 9.17) is 0 Å². The van der Waals surface area contributed by atoms with Crippen LogP contribution >= 0.6 is 8.58 Å². The molecule has 0 bridgehead atoms. The summed E-state index contributed by atoms with van der Waals surface area (Å²) in [5.41, 5.74) is 4.30. The molecule has 142 valence electrons. The molecule has 2 heteroatoms. The monoisotopic (exact) mass is 462 g/mol. The number of hydrogen-bond donors (Lipinski definition) is 0. The van der Waals surface area contributed by atoms with Gasteiger partial charge in [0.25, 0.3) is 0 Å². The molecule has 1 aliphatic carbocycles. The number of rotatable bonds is 5. The molecule has 0 spiro atoms. The summed E-state index contributed by atoms with van der Waals surface area (Å²) in [6.45, 7) is 6.58. The molecule has 0 fully saturated rings. The van der Waals surface area contributed by atoms with E-state index in [0.29, 0.717) is 0 Å². The van der Waals surface area contributed by atoms with E-state index in [-0.39, 0.29) is 26.2 Å². The van der Waals surface area contributed by atoms with Crippen LogP contribution in [0.15, 0.2) is 77.9 Å². The summed E-state index contributed by atoms with van der Waals surface area (Å²) >= 11 is 0. The van der Waals surface area contributed by atoms with E-state index in [2.05, 4.69) is 93.6 Å². The van der Waals surface area contributed by atoms with Crippen molar-refractivity contribution in [3.63, 3.8) is 0 Å². The number of unbranched alkanes of at least 4 members (excludes halogenated alkanes) is 1. The standard InChI is InChI=1S/C16H14P.C10H15.Zr/c1-12-6-2-5-9-15(12)17-16-11-10-13-7-3-4-8-14(13)16;1-3-4-7-10-8-5-6-9(10)2;/h2-11,17H,1H3;8H,3-5,7H2,1-2H3;/q2*-1;+2. The maximum absolute atomic E-state index is 3.30. The molecule has 3 aromatic rings. The van der Waals surface area contributed by atoms with Gasteiger partial charge >= 0.3 is 26.2 Å². The molecule has 0 aliphatic heterocycles. The Hall–Kier alpha value is -1.16. The van der Waals surface area contributed by atoms with Gasteiger partial charge in [0.1, 0.15) is 0 Å². The van der Waals surface area contributed by atoms with Crippen LogP contribution in [-0.2, 0) is 26.2 Å². The average Bonchev–Trinajstić information content (AvgIpc) is 3.29. The Labute approximate surface area is 191 Å². The number of hydrogen-bond acceptors (Lipinski definition) is 0. The second kappa shape index (κ2) is 11.8. The maximum atomic E-state index is 3.30. The molecule has 0 nitrogen and oxygen atoms in total. The van der Waals surface area contributed by atoms with Crippen molar-refractivity contribution < 1.29 is 26.2 Å². The van der Waals surface area contributed by atoms with Gasteiger partial charge in [-0.15, -0.1) is 55.3 Å². The van der Waals surface area contributed by atoms with E-state index in [1.165, 1.54) is 57.4 Å². The van der Waals surface area contributed by atoms with Gasteiger partial charge in [-0.2, -0.15) is 17.7 Å². The minimum Gasteiger partial charge on any atom is -0.269 e. The fraction of sp³-hybridized carbons (Fsp3) is 0.269. The Balaban J connectivity index is 0.000000221. The Morgan fingerprint density at radius 2 is 1.75 bits per heavy atom. The van der Waals surface area contributed by atoms with Crippen molar-refractivity contribution in [1.29, 1.82) is 0 Å². The first-order valence-electron chi connectivity index (χ1n) is 9.93. The molecule has 0 N–H and O–H groups in total. The van der Waals surface area contributed by atoms with Gasteiger partial charge < -0.3 is 0 Å². The number of allylic oxidation sites excluding steroid dienone is 4. The number of benzene rings is 2. The van der Waals surface area contributed by atoms with Gasteiger partial charge in [0.2, 0.25) is 0 Å². The van der Waals surface area contributed by atoms with Crippen LogP contribution in [0.2, 0.25) is 0 Å². The molecule has 1 aliphatic rings. The largest absolute Gasteiger partial charge is 2.00 e. The Morgan fingerprint density at radius 3 is 2.46 bits per heavy atom. The zero-order chi connectivity index (χ0) is 19.1. The molecule has 3 aromatic carbocycles. The van der Waals surface area contributed by atoms with Crippen LogP contribution < -0.4 is 10.6 Å². The quantitative estimate of drug-likeness (QED) is 0.290. The predicted octanol–water partition coefficient (Wildman–Crippen LogP) is 6.75.